The molecule has 0 saturated heterocycles. The monoisotopic (exact) mass is 312 g/mol. The van der Waals surface area contributed by atoms with Gasteiger partial charge in [0.2, 0.25) is 5.91 Å². The number of benzene rings is 2. The number of hydrogen-bond donors (Lipinski definition) is 2. The average Bonchev–Trinajstić information content (AvgIpc) is 2.46. The van der Waals surface area contributed by atoms with E-state index in [9.17, 15) is 9.59 Å². The molecule has 2 N–H and O–H groups in total. The lowest BCUT2D eigenvalue weighted by Crippen LogP contribution is -2.30. The maximum atomic E-state index is 12.2. The zero-order valence-electron chi connectivity index (χ0n) is 13.4. The first-order chi connectivity index (χ1) is 10.9. The van der Waals surface area contributed by atoms with E-state index in [1.54, 1.807) is 31.2 Å². The molecule has 1 unspecified atom stereocenters. The van der Waals surface area contributed by atoms with Gasteiger partial charge in [-0.25, -0.2) is 0 Å². The van der Waals surface area contributed by atoms with Crippen molar-refractivity contribution in [3.8, 4) is 5.75 Å². The fourth-order valence-electron chi connectivity index (χ4n) is 2.07. The number of amides is 2. The Labute approximate surface area is 135 Å². The SMILES string of the molecule is CC(=O)Nc1cccc(NC(=O)C(C)Oc2cccc(C)c2)c1. The molecule has 0 fully saturated rings. The molecule has 0 aliphatic carbocycles. The molecule has 0 spiro atoms. The van der Waals surface area contributed by atoms with Crippen LogP contribution in [0.15, 0.2) is 48.5 Å². The Morgan fingerprint density at radius 2 is 1.65 bits per heavy atom. The minimum atomic E-state index is -0.638. The fraction of sp³-hybridized carbons (Fsp3) is 0.222. The Kier molecular flexibility index (Phi) is 5.36. The molecular weight excluding hydrogens is 292 g/mol. The number of rotatable bonds is 5. The fourth-order valence-corrected chi connectivity index (χ4v) is 2.07. The summed E-state index contributed by atoms with van der Waals surface area (Å²) in [5.41, 5.74) is 2.29. The van der Waals surface area contributed by atoms with E-state index in [0.29, 0.717) is 17.1 Å². The van der Waals surface area contributed by atoms with Gasteiger partial charge in [-0.2, -0.15) is 0 Å². The summed E-state index contributed by atoms with van der Waals surface area (Å²) < 4.78 is 5.64. The highest BCUT2D eigenvalue weighted by Crippen LogP contribution is 2.17. The van der Waals surface area contributed by atoms with Crippen LogP contribution in [0.3, 0.4) is 0 Å². The molecule has 23 heavy (non-hydrogen) atoms. The number of carbonyl (C=O) groups is 2. The number of aryl methyl sites for hydroxylation is 1. The highest BCUT2D eigenvalue weighted by molar-refractivity contribution is 5.95. The van der Waals surface area contributed by atoms with Crippen LogP contribution in [0.1, 0.15) is 19.4 Å². The molecule has 5 nitrogen and oxygen atoms in total. The molecule has 2 amide bonds. The summed E-state index contributed by atoms with van der Waals surface area (Å²) in [5, 5.41) is 5.45. The summed E-state index contributed by atoms with van der Waals surface area (Å²) in [6.07, 6.45) is -0.638. The molecule has 0 saturated carbocycles. The largest absolute Gasteiger partial charge is 0.481 e. The first-order valence-corrected chi connectivity index (χ1v) is 7.36. The Morgan fingerprint density at radius 1 is 1.00 bits per heavy atom. The van der Waals surface area contributed by atoms with Gasteiger partial charge in [0.15, 0.2) is 6.10 Å². The quantitative estimate of drug-likeness (QED) is 0.889. The first-order valence-electron chi connectivity index (χ1n) is 7.36. The number of nitrogens with one attached hydrogen (secondary N) is 2. The standard InChI is InChI=1S/C18H20N2O3/c1-12-6-4-9-17(10-12)23-13(2)18(22)20-16-8-5-7-15(11-16)19-14(3)21/h4-11,13H,1-3H3,(H,19,21)(H,20,22). The van der Waals surface area contributed by atoms with Gasteiger partial charge in [-0.3, -0.25) is 9.59 Å². The van der Waals surface area contributed by atoms with Crippen LogP contribution in [0.2, 0.25) is 0 Å². The normalized spacial score (nSPS) is 11.4. The van der Waals surface area contributed by atoms with Crippen molar-refractivity contribution in [1.29, 1.82) is 0 Å². The summed E-state index contributed by atoms with van der Waals surface area (Å²) in [4.78, 5) is 23.3. The van der Waals surface area contributed by atoms with Crippen molar-refractivity contribution in [1.82, 2.24) is 0 Å². The molecular formula is C18H20N2O3. The van der Waals surface area contributed by atoms with E-state index in [0.717, 1.165) is 5.56 Å². The average molecular weight is 312 g/mol. The zero-order valence-corrected chi connectivity index (χ0v) is 13.4. The molecule has 0 heterocycles. The molecule has 2 rings (SSSR count). The van der Waals surface area contributed by atoms with Crippen LogP contribution in [0, 0.1) is 6.92 Å². The van der Waals surface area contributed by atoms with E-state index in [1.165, 1.54) is 6.92 Å². The van der Waals surface area contributed by atoms with Gasteiger partial charge >= 0.3 is 0 Å². The van der Waals surface area contributed by atoms with Crippen molar-refractivity contribution in [3.63, 3.8) is 0 Å². The van der Waals surface area contributed by atoms with Crippen molar-refractivity contribution in [2.75, 3.05) is 10.6 Å². The Morgan fingerprint density at radius 3 is 2.30 bits per heavy atom. The molecule has 0 radical (unpaired) electrons. The second kappa shape index (κ2) is 7.45. The van der Waals surface area contributed by atoms with Crippen LogP contribution in [-0.4, -0.2) is 17.9 Å². The highest BCUT2D eigenvalue weighted by Gasteiger charge is 2.15. The summed E-state index contributed by atoms with van der Waals surface area (Å²) in [5.74, 6) is 0.232. The summed E-state index contributed by atoms with van der Waals surface area (Å²) >= 11 is 0. The molecule has 0 bridgehead atoms. The van der Waals surface area contributed by atoms with Gasteiger partial charge in [0.05, 0.1) is 0 Å². The Balaban J connectivity index is 1.99. The molecule has 120 valence electrons. The van der Waals surface area contributed by atoms with E-state index in [1.807, 2.05) is 31.2 Å². The van der Waals surface area contributed by atoms with Gasteiger partial charge in [0, 0.05) is 18.3 Å². The predicted octanol–water partition coefficient (Wildman–Crippen LogP) is 3.36. The van der Waals surface area contributed by atoms with Gasteiger partial charge in [0.25, 0.3) is 5.91 Å². The summed E-state index contributed by atoms with van der Waals surface area (Å²) in [6, 6.07) is 14.5. The lowest BCUT2D eigenvalue weighted by molar-refractivity contribution is -0.122. The number of anilines is 2. The topological polar surface area (TPSA) is 67.4 Å². The number of carbonyl (C=O) groups excluding carboxylic acids is 2. The van der Waals surface area contributed by atoms with Gasteiger partial charge in [-0.1, -0.05) is 18.2 Å². The van der Waals surface area contributed by atoms with Crippen LogP contribution in [0.5, 0.6) is 5.75 Å². The van der Waals surface area contributed by atoms with E-state index in [2.05, 4.69) is 10.6 Å². The molecule has 0 aliphatic heterocycles. The molecule has 2 aromatic rings. The van der Waals surface area contributed by atoms with Crippen molar-refractivity contribution >= 4 is 23.2 Å². The molecule has 0 aliphatic rings. The van der Waals surface area contributed by atoms with Crippen molar-refractivity contribution in [2.24, 2.45) is 0 Å². The zero-order chi connectivity index (χ0) is 16.8. The molecule has 1 atom stereocenters. The maximum Gasteiger partial charge on any atom is 0.265 e. The number of ether oxygens (including phenoxy) is 1. The highest BCUT2D eigenvalue weighted by atomic mass is 16.5. The Hall–Kier alpha value is -2.82. The predicted molar refractivity (Wildman–Crippen MR) is 90.6 cm³/mol. The molecule has 5 heteroatoms. The smallest absolute Gasteiger partial charge is 0.265 e. The first kappa shape index (κ1) is 16.5. The lowest BCUT2D eigenvalue weighted by atomic mass is 10.2. The van der Waals surface area contributed by atoms with Gasteiger partial charge in [0.1, 0.15) is 5.75 Å². The van der Waals surface area contributed by atoms with Gasteiger partial charge in [-0.15, -0.1) is 0 Å². The van der Waals surface area contributed by atoms with E-state index in [-0.39, 0.29) is 11.8 Å². The second-order valence-electron chi connectivity index (χ2n) is 5.33. The summed E-state index contributed by atoms with van der Waals surface area (Å²) in [6.45, 7) is 5.09. The third-order valence-electron chi connectivity index (χ3n) is 3.12. The van der Waals surface area contributed by atoms with E-state index in [4.69, 9.17) is 4.74 Å². The minimum Gasteiger partial charge on any atom is -0.481 e. The van der Waals surface area contributed by atoms with Crippen LogP contribution in [-0.2, 0) is 9.59 Å². The third kappa shape index (κ3) is 5.14. The number of hydrogen-bond acceptors (Lipinski definition) is 3. The maximum absolute atomic E-state index is 12.2. The molecule has 0 aromatic heterocycles. The van der Waals surface area contributed by atoms with Crippen LogP contribution >= 0.6 is 0 Å². The van der Waals surface area contributed by atoms with Crippen LogP contribution in [0.4, 0.5) is 11.4 Å². The van der Waals surface area contributed by atoms with Gasteiger partial charge < -0.3 is 15.4 Å². The minimum absolute atomic E-state index is 0.162. The van der Waals surface area contributed by atoms with Crippen LogP contribution in [0.25, 0.3) is 0 Å². The third-order valence-corrected chi connectivity index (χ3v) is 3.12. The van der Waals surface area contributed by atoms with Crippen molar-refractivity contribution in [2.45, 2.75) is 26.9 Å². The molecule has 2 aromatic carbocycles. The lowest BCUT2D eigenvalue weighted by Gasteiger charge is -2.15. The van der Waals surface area contributed by atoms with Crippen molar-refractivity contribution < 1.29 is 14.3 Å². The van der Waals surface area contributed by atoms with E-state index >= 15 is 0 Å². The summed E-state index contributed by atoms with van der Waals surface area (Å²) in [7, 11) is 0. The second-order valence-corrected chi connectivity index (χ2v) is 5.33. The Bertz CT molecular complexity index is 713. The van der Waals surface area contributed by atoms with Gasteiger partial charge in [-0.05, 0) is 49.7 Å². The van der Waals surface area contributed by atoms with Crippen molar-refractivity contribution in [3.05, 3.63) is 54.1 Å². The van der Waals surface area contributed by atoms with E-state index < -0.39 is 6.10 Å². The van der Waals surface area contributed by atoms with Crippen LogP contribution < -0.4 is 15.4 Å².